The van der Waals surface area contributed by atoms with E-state index in [0.717, 1.165) is 5.56 Å². The quantitative estimate of drug-likeness (QED) is 0.582. The Kier molecular flexibility index (Phi) is 2.64. The first-order valence-corrected chi connectivity index (χ1v) is 4.20. The number of aryl methyl sites for hydroxylation is 1. The summed E-state index contributed by atoms with van der Waals surface area (Å²) in [5.41, 5.74) is 1.07. The second-order valence-electron chi connectivity index (χ2n) is 2.13. The molecular weight excluding hydrogens is 246 g/mol. The first kappa shape index (κ1) is 7.97. The molecule has 0 aliphatic carbocycles. The maximum atomic E-state index is 12.3. The minimum Gasteiger partial charge on any atom is -0.269 e. The molecule has 0 amide bonds. The lowest BCUT2D eigenvalue weighted by Gasteiger charge is -1.98. The summed E-state index contributed by atoms with van der Waals surface area (Å²) in [5.74, 6) is 0. The molecule has 0 saturated carbocycles. The zero-order valence-corrected chi connectivity index (χ0v) is 7.75. The molecule has 1 heterocycles. The van der Waals surface area contributed by atoms with Gasteiger partial charge in [0.1, 0.15) is 0 Å². The van der Waals surface area contributed by atoms with E-state index in [2.05, 4.69) is 5.10 Å². The van der Waals surface area contributed by atoms with Crippen LogP contribution in [0.5, 0.6) is 0 Å². The van der Waals surface area contributed by atoms with Crippen LogP contribution in [0, 0.1) is 6.92 Å². The Bertz CT molecular complexity index is 209. The first-order valence-electron chi connectivity index (χ1n) is 2.95. The van der Waals surface area contributed by atoms with E-state index in [1.54, 1.807) is 33.5 Å². The number of halogens is 2. The second kappa shape index (κ2) is 3.32. The lowest BCUT2D eigenvalue weighted by Crippen LogP contribution is -2.04. The van der Waals surface area contributed by atoms with E-state index in [1.807, 2.05) is 13.1 Å². The lowest BCUT2D eigenvalue weighted by molar-refractivity contribution is 0.406. The Hall–Kier alpha value is -0.130. The van der Waals surface area contributed by atoms with Crippen molar-refractivity contribution in [3.8, 4) is 0 Å². The van der Waals surface area contributed by atoms with Gasteiger partial charge in [-0.15, -0.1) is 0 Å². The molecule has 2 nitrogen and oxygen atoms in total. The van der Waals surface area contributed by atoms with E-state index >= 15 is 0 Å². The summed E-state index contributed by atoms with van der Waals surface area (Å²) < 4.78 is 13.1. The molecule has 0 aliphatic heterocycles. The predicted octanol–water partition coefficient (Wildman–Crippen LogP) is 1.92. The lowest BCUT2D eigenvalue weighted by atomic mass is 10.4. The van der Waals surface area contributed by atoms with Crippen molar-refractivity contribution >= 4 is 22.6 Å². The van der Waals surface area contributed by atoms with Crippen LogP contribution < -0.4 is 0 Å². The Balaban J connectivity index is 2.58. The average Bonchev–Trinajstić information content (AvgIpc) is 2.13. The molecule has 0 bridgehead atoms. The minimum absolute atomic E-state index is 0.342. The minimum atomic E-state index is -0.850. The van der Waals surface area contributed by atoms with Crippen molar-refractivity contribution in [2.24, 2.45) is 0 Å². The monoisotopic (exact) mass is 254 g/mol. The van der Waals surface area contributed by atoms with Crippen molar-refractivity contribution in [1.82, 2.24) is 9.78 Å². The third kappa shape index (κ3) is 2.24. The van der Waals surface area contributed by atoms with Crippen molar-refractivity contribution in [2.45, 2.75) is 17.6 Å². The van der Waals surface area contributed by atoms with Gasteiger partial charge in [-0.25, -0.2) is 4.39 Å². The van der Waals surface area contributed by atoms with Gasteiger partial charge in [0.25, 0.3) is 0 Å². The van der Waals surface area contributed by atoms with Crippen molar-refractivity contribution in [3.05, 3.63) is 18.0 Å². The molecule has 56 valence electrons. The Morgan fingerprint density at radius 1 is 1.90 bits per heavy atom. The number of nitrogens with zero attached hydrogens (tertiary/aromatic N) is 2. The van der Waals surface area contributed by atoms with Crippen molar-refractivity contribution in [2.75, 3.05) is 0 Å². The molecule has 0 radical (unpaired) electrons. The fourth-order valence-electron chi connectivity index (χ4n) is 0.708. The third-order valence-corrected chi connectivity index (χ3v) is 1.48. The van der Waals surface area contributed by atoms with Crippen molar-refractivity contribution in [3.63, 3.8) is 0 Å². The zero-order chi connectivity index (χ0) is 7.56. The molecule has 1 rings (SSSR count). The van der Waals surface area contributed by atoms with Crippen LogP contribution in [-0.2, 0) is 6.54 Å². The summed E-state index contributed by atoms with van der Waals surface area (Å²) in [6.45, 7) is 2.28. The molecule has 1 atom stereocenters. The highest BCUT2D eigenvalue weighted by Gasteiger charge is 2.00. The number of rotatable bonds is 2. The van der Waals surface area contributed by atoms with Crippen LogP contribution in [0.1, 0.15) is 5.56 Å². The molecule has 10 heavy (non-hydrogen) atoms. The molecular formula is C6H8FIN2. The highest BCUT2D eigenvalue weighted by Crippen LogP contribution is 2.05. The van der Waals surface area contributed by atoms with Crippen LogP contribution >= 0.6 is 22.6 Å². The van der Waals surface area contributed by atoms with Crippen molar-refractivity contribution < 1.29 is 4.39 Å². The summed E-state index contributed by atoms with van der Waals surface area (Å²) in [6.07, 6.45) is 3.55. The van der Waals surface area contributed by atoms with Gasteiger partial charge in [-0.3, -0.25) is 4.68 Å². The average molecular weight is 254 g/mol. The van der Waals surface area contributed by atoms with E-state index < -0.39 is 4.18 Å². The topological polar surface area (TPSA) is 17.8 Å². The molecule has 1 aromatic heterocycles. The van der Waals surface area contributed by atoms with Gasteiger partial charge in [0, 0.05) is 6.20 Å². The van der Waals surface area contributed by atoms with Crippen LogP contribution in [0.15, 0.2) is 12.4 Å². The van der Waals surface area contributed by atoms with E-state index in [4.69, 9.17) is 0 Å². The highest BCUT2D eigenvalue weighted by molar-refractivity contribution is 14.1. The molecule has 0 spiro atoms. The molecule has 1 aromatic rings. The maximum absolute atomic E-state index is 12.3. The Morgan fingerprint density at radius 3 is 3.00 bits per heavy atom. The van der Waals surface area contributed by atoms with Gasteiger partial charge in [0.2, 0.25) is 0 Å². The summed E-state index contributed by atoms with van der Waals surface area (Å²) in [6, 6.07) is 0. The molecule has 0 N–H and O–H groups in total. The van der Waals surface area contributed by atoms with E-state index in [0.29, 0.717) is 6.54 Å². The number of hydrogen-bond donors (Lipinski definition) is 0. The van der Waals surface area contributed by atoms with Gasteiger partial charge >= 0.3 is 0 Å². The van der Waals surface area contributed by atoms with Crippen LogP contribution in [0.3, 0.4) is 0 Å². The normalized spacial score (nSPS) is 13.5. The van der Waals surface area contributed by atoms with Gasteiger partial charge in [0.05, 0.1) is 12.7 Å². The maximum Gasteiger partial charge on any atom is 0.170 e. The molecule has 0 aliphatic rings. The standard InChI is InChI=1S/C6H8FIN2/c1-5-2-9-10(3-5)4-6(7)8/h2-3,6H,4H2,1H3. The summed E-state index contributed by atoms with van der Waals surface area (Å²) >= 11 is 1.73. The summed E-state index contributed by atoms with van der Waals surface area (Å²) in [4.78, 5) is 0. The third-order valence-electron chi connectivity index (χ3n) is 1.09. The molecule has 0 saturated heterocycles. The summed E-state index contributed by atoms with van der Waals surface area (Å²) in [5, 5.41) is 3.93. The van der Waals surface area contributed by atoms with E-state index in [1.165, 1.54) is 0 Å². The van der Waals surface area contributed by atoms with E-state index in [-0.39, 0.29) is 0 Å². The number of alkyl halides is 2. The SMILES string of the molecule is Cc1cnn(CC(F)I)c1. The van der Waals surface area contributed by atoms with Crippen LogP contribution in [0.4, 0.5) is 4.39 Å². The molecule has 1 unspecified atom stereocenters. The molecule has 0 fully saturated rings. The zero-order valence-electron chi connectivity index (χ0n) is 5.59. The van der Waals surface area contributed by atoms with Gasteiger partial charge in [-0.1, -0.05) is 0 Å². The fraction of sp³-hybridized carbons (Fsp3) is 0.500. The van der Waals surface area contributed by atoms with Crippen molar-refractivity contribution in [1.29, 1.82) is 0 Å². The van der Waals surface area contributed by atoms with Crippen LogP contribution in [0.2, 0.25) is 0 Å². The predicted molar refractivity (Wildman–Crippen MR) is 45.9 cm³/mol. The van der Waals surface area contributed by atoms with Gasteiger partial charge in [0.15, 0.2) is 4.18 Å². The van der Waals surface area contributed by atoms with Gasteiger partial charge in [-0.2, -0.15) is 5.10 Å². The first-order chi connectivity index (χ1) is 4.68. The Morgan fingerprint density at radius 2 is 2.60 bits per heavy atom. The smallest absolute Gasteiger partial charge is 0.170 e. The van der Waals surface area contributed by atoms with Crippen LogP contribution in [0.25, 0.3) is 0 Å². The molecule has 4 heteroatoms. The van der Waals surface area contributed by atoms with Crippen LogP contribution in [-0.4, -0.2) is 14.0 Å². The largest absolute Gasteiger partial charge is 0.269 e. The number of hydrogen-bond acceptors (Lipinski definition) is 1. The summed E-state index contributed by atoms with van der Waals surface area (Å²) in [7, 11) is 0. The van der Waals surface area contributed by atoms with Gasteiger partial charge in [-0.05, 0) is 35.1 Å². The second-order valence-corrected chi connectivity index (χ2v) is 3.48. The Labute approximate surface area is 72.6 Å². The van der Waals surface area contributed by atoms with E-state index in [9.17, 15) is 4.39 Å². The molecule has 0 aromatic carbocycles. The van der Waals surface area contributed by atoms with Gasteiger partial charge < -0.3 is 0 Å². The fourth-order valence-corrected chi connectivity index (χ4v) is 1.11. The highest BCUT2D eigenvalue weighted by atomic mass is 127. The number of aromatic nitrogens is 2.